The van der Waals surface area contributed by atoms with Crippen molar-refractivity contribution in [2.75, 3.05) is 33.2 Å². The molecule has 0 bridgehead atoms. The Morgan fingerprint density at radius 1 is 1.27 bits per heavy atom. The number of hydrogen-bond acceptors (Lipinski definition) is 3. The first-order chi connectivity index (χ1) is 7.09. The molecular weight excluding hydrogens is 190 g/mol. The van der Waals surface area contributed by atoms with Crippen LogP contribution in [0.25, 0.3) is 0 Å². The predicted octanol–water partition coefficient (Wildman–Crippen LogP) is 0.0319. The number of carbonyl (C=O) groups excluding carboxylic acids is 1. The fraction of sp³-hybridized carbons (Fsp3) is 0.909. The van der Waals surface area contributed by atoms with Gasteiger partial charge in [0.1, 0.15) is 0 Å². The Hall–Kier alpha value is -0.610. The lowest BCUT2D eigenvalue weighted by Crippen LogP contribution is -2.53. The number of carbonyl (C=O) groups is 1. The fourth-order valence-corrected chi connectivity index (χ4v) is 2.28. The molecule has 2 fully saturated rings. The molecule has 4 heteroatoms. The molecular formula is C11H21N3O. The Kier molecular flexibility index (Phi) is 2.98. The summed E-state index contributed by atoms with van der Waals surface area (Å²) < 4.78 is 0. The molecule has 15 heavy (non-hydrogen) atoms. The lowest BCUT2D eigenvalue weighted by atomic mass is 9.75. The maximum atomic E-state index is 11.9. The normalized spacial score (nSPS) is 26.1. The van der Waals surface area contributed by atoms with Crippen LogP contribution in [0.1, 0.15) is 25.7 Å². The van der Waals surface area contributed by atoms with Crippen molar-refractivity contribution in [1.29, 1.82) is 0 Å². The number of nitrogens with two attached hydrogens (primary N) is 1. The Morgan fingerprint density at radius 2 is 1.87 bits per heavy atom. The van der Waals surface area contributed by atoms with Gasteiger partial charge in [-0.05, 0) is 26.3 Å². The van der Waals surface area contributed by atoms with E-state index < -0.39 is 0 Å². The molecule has 2 rings (SSSR count). The van der Waals surface area contributed by atoms with Crippen LogP contribution in [-0.2, 0) is 4.79 Å². The van der Waals surface area contributed by atoms with Crippen molar-refractivity contribution < 1.29 is 4.79 Å². The fourth-order valence-electron chi connectivity index (χ4n) is 2.28. The van der Waals surface area contributed by atoms with Crippen molar-refractivity contribution in [2.45, 2.75) is 31.2 Å². The highest BCUT2D eigenvalue weighted by Crippen LogP contribution is 2.32. The summed E-state index contributed by atoms with van der Waals surface area (Å²) in [4.78, 5) is 16.2. The second-order valence-electron chi connectivity index (χ2n) is 5.08. The van der Waals surface area contributed by atoms with Crippen LogP contribution in [0.15, 0.2) is 0 Å². The molecule has 0 spiro atoms. The van der Waals surface area contributed by atoms with Crippen molar-refractivity contribution in [1.82, 2.24) is 9.80 Å². The average molecular weight is 211 g/mol. The molecule has 0 aromatic heterocycles. The van der Waals surface area contributed by atoms with Crippen LogP contribution in [0.4, 0.5) is 0 Å². The van der Waals surface area contributed by atoms with E-state index in [0.717, 1.165) is 39.0 Å². The number of amides is 1. The first-order valence-electron chi connectivity index (χ1n) is 5.84. The highest BCUT2D eigenvalue weighted by Gasteiger charge is 2.36. The minimum Gasteiger partial charge on any atom is -0.340 e. The van der Waals surface area contributed by atoms with Crippen LogP contribution in [-0.4, -0.2) is 54.5 Å². The van der Waals surface area contributed by atoms with Crippen molar-refractivity contribution in [2.24, 2.45) is 5.73 Å². The van der Waals surface area contributed by atoms with E-state index in [0.29, 0.717) is 6.42 Å². The van der Waals surface area contributed by atoms with E-state index in [-0.39, 0.29) is 11.4 Å². The lowest BCUT2D eigenvalue weighted by molar-refractivity contribution is -0.134. The quantitative estimate of drug-likeness (QED) is 0.701. The van der Waals surface area contributed by atoms with Gasteiger partial charge in [-0.1, -0.05) is 0 Å². The number of hydrogen-bond donors (Lipinski definition) is 1. The predicted molar refractivity (Wildman–Crippen MR) is 59.5 cm³/mol. The smallest absolute Gasteiger partial charge is 0.224 e. The van der Waals surface area contributed by atoms with Gasteiger partial charge in [0, 0.05) is 38.1 Å². The van der Waals surface area contributed by atoms with Gasteiger partial charge in [0.05, 0.1) is 0 Å². The molecule has 1 aliphatic carbocycles. The largest absolute Gasteiger partial charge is 0.340 e. The Bertz CT molecular complexity index is 242. The minimum atomic E-state index is -0.166. The second kappa shape index (κ2) is 4.10. The minimum absolute atomic E-state index is 0.166. The first-order valence-corrected chi connectivity index (χ1v) is 5.84. The summed E-state index contributed by atoms with van der Waals surface area (Å²) in [6.07, 6.45) is 3.78. The van der Waals surface area contributed by atoms with Crippen LogP contribution >= 0.6 is 0 Å². The zero-order valence-corrected chi connectivity index (χ0v) is 9.54. The molecule has 86 valence electrons. The zero-order valence-electron chi connectivity index (χ0n) is 9.54. The molecule has 1 aliphatic heterocycles. The maximum absolute atomic E-state index is 11.9. The third-order valence-electron chi connectivity index (χ3n) is 3.71. The number of nitrogens with zero attached hydrogens (tertiary/aromatic N) is 2. The molecule has 0 atom stereocenters. The number of rotatable bonds is 2. The molecule has 0 aromatic rings. The van der Waals surface area contributed by atoms with E-state index in [1.807, 2.05) is 4.90 Å². The average Bonchev–Trinajstić information content (AvgIpc) is 2.16. The summed E-state index contributed by atoms with van der Waals surface area (Å²) in [5.74, 6) is 0.255. The third kappa shape index (κ3) is 2.49. The van der Waals surface area contributed by atoms with Gasteiger partial charge in [0.2, 0.25) is 5.91 Å². The summed E-state index contributed by atoms with van der Waals surface area (Å²) in [5, 5.41) is 0. The summed E-state index contributed by atoms with van der Waals surface area (Å²) in [5.41, 5.74) is 5.91. The van der Waals surface area contributed by atoms with Gasteiger partial charge in [0.15, 0.2) is 0 Å². The van der Waals surface area contributed by atoms with Gasteiger partial charge in [-0.3, -0.25) is 4.79 Å². The molecule has 1 saturated carbocycles. The molecule has 2 N–H and O–H groups in total. The maximum Gasteiger partial charge on any atom is 0.224 e. The molecule has 0 radical (unpaired) electrons. The van der Waals surface area contributed by atoms with Crippen molar-refractivity contribution in [3.05, 3.63) is 0 Å². The SMILES string of the molecule is CN1CCN(C(=O)CC2(N)CCC2)CC1. The summed E-state index contributed by atoms with van der Waals surface area (Å²) in [6, 6.07) is 0. The summed E-state index contributed by atoms with van der Waals surface area (Å²) >= 11 is 0. The lowest BCUT2D eigenvalue weighted by Gasteiger charge is -2.40. The monoisotopic (exact) mass is 211 g/mol. The topological polar surface area (TPSA) is 49.6 Å². The van der Waals surface area contributed by atoms with Gasteiger partial charge in [-0.15, -0.1) is 0 Å². The molecule has 0 unspecified atom stereocenters. The third-order valence-corrected chi connectivity index (χ3v) is 3.71. The van der Waals surface area contributed by atoms with Crippen molar-refractivity contribution in [3.63, 3.8) is 0 Å². The van der Waals surface area contributed by atoms with E-state index in [9.17, 15) is 4.79 Å². The number of likely N-dealkylation sites (N-methyl/N-ethyl adjacent to an activating group) is 1. The van der Waals surface area contributed by atoms with E-state index in [1.165, 1.54) is 6.42 Å². The Balaban J connectivity index is 1.80. The van der Waals surface area contributed by atoms with Crippen LogP contribution in [0.2, 0.25) is 0 Å². The second-order valence-corrected chi connectivity index (χ2v) is 5.08. The van der Waals surface area contributed by atoms with Crippen LogP contribution in [0, 0.1) is 0 Å². The van der Waals surface area contributed by atoms with Gasteiger partial charge in [-0.25, -0.2) is 0 Å². The zero-order chi connectivity index (χ0) is 10.9. The van der Waals surface area contributed by atoms with E-state index in [2.05, 4.69) is 11.9 Å². The van der Waals surface area contributed by atoms with Crippen molar-refractivity contribution in [3.8, 4) is 0 Å². The number of piperazine rings is 1. The molecule has 1 amide bonds. The van der Waals surface area contributed by atoms with E-state index in [4.69, 9.17) is 5.73 Å². The molecule has 0 aromatic carbocycles. The molecule has 1 saturated heterocycles. The summed E-state index contributed by atoms with van der Waals surface area (Å²) in [7, 11) is 2.10. The van der Waals surface area contributed by atoms with E-state index in [1.54, 1.807) is 0 Å². The first kappa shape index (κ1) is 10.9. The Morgan fingerprint density at radius 3 is 2.33 bits per heavy atom. The highest BCUT2D eigenvalue weighted by molar-refractivity contribution is 5.77. The van der Waals surface area contributed by atoms with Gasteiger partial charge < -0.3 is 15.5 Å². The highest BCUT2D eigenvalue weighted by atomic mass is 16.2. The molecule has 1 heterocycles. The Labute approximate surface area is 91.4 Å². The molecule has 4 nitrogen and oxygen atoms in total. The van der Waals surface area contributed by atoms with Crippen molar-refractivity contribution >= 4 is 5.91 Å². The van der Waals surface area contributed by atoms with E-state index >= 15 is 0 Å². The van der Waals surface area contributed by atoms with Crippen LogP contribution in [0.3, 0.4) is 0 Å². The molecule has 2 aliphatic rings. The van der Waals surface area contributed by atoms with Gasteiger partial charge in [-0.2, -0.15) is 0 Å². The summed E-state index contributed by atoms with van der Waals surface area (Å²) in [6.45, 7) is 3.71. The van der Waals surface area contributed by atoms with Crippen LogP contribution in [0.5, 0.6) is 0 Å². The van der Waals surface area contributed by atoms with Gasteiger partial charge >= 0.3 is 0 Å². The van der Waals surface area contributed by atoms with Gasteiger partial charge in [0.25, 0.3) is 0 Å². The standard InChI is InChI=1S/C11H21N3O/c1-13-5-7-14(8-6-13)10(15)9-11(12)3-2-4-11/h2-9,12H2,1H3. The van der Waals surface area contributed by atoms with Crippen LogP contribution < -0.4 is 5.73 Å².